The van der Waals surface area contributed by atoms with Gasteiger partial charge in [-0.2, -0.15) is 10.5 Å². The molecule has 0 unspecified atom stereocenters. The molecule has 0 radical (unpaired) electrons. The van der Waals surface area contributed by atoms with Gasteiger partial charge < -0.3 is 0 Å². The van der Waals surface area contributed by atoms with Crippen LogP contribution in [0.25, 0.3) is 38.9 Å². The number of rotatable bonds is 4. The zero-order valence-corrected chi connectivity index (χ0v) is 21.3. The molecule has 0 spiro atoms. The minimum atomic E-state index is 0.320. The van der Waals surface area contributed by atoms with Gasteiger partial charge in [-0.25, -0.2) is 4.98 Å². The third-order valence-electron chi connectivity index (χ3n) is 7.02. The van der Waals surface area contributed by atoms with Crippen LogP contribution in [-0.4, -0.2) is 9.38 Å². The van der Waals surface area contributed by atoms with Crippen molar-refractivity contribution in [3.8, 4) is 34.4 Å². The molecule has 5 aromatic rings. The lowest BCUT2D eigenvalue weighted by molar-refractivity contribution is 0.867. The second-order valence-electron chi connectivity index (χ2n) is 9.97. The molecule has 0 saturated heterocycles. The van der Waals surface area contributed by atoms with Crippen molar-refractivity contribution in [2.24, 2.45) is 0 Å². The van der Waals surface area contributed by atoms with E-state index in [-0.39, 0.29) is 0 Å². The SMILES string of the molecule is Cc1cccn2c1nc1c(C#N)c(C#N)c(-c3ccc(C(C)C)cc3)c(-c3ccc(C(C)C)cc3)c12. The van der Waals surface area contributed by atoms with E-state index >= 15 is 0 Å². The van der Waals surface area contributed by atoms with Crippen LogP contribution in [0.3, 0.4) is 0 Å². The normalized spacial score (nSPS) is 11.4. The van der Waals surface area contributed by atoms with Gasteiger partial charge in [-0.05, 0) is 52.6 Å². The van der Waals surface area contributed by atoms with E-state index in [0.29, 0.717) is 28.5 Å². The van der Waals surface area contributed by atoms with Gasteiger partial charge in [0.1, 0.15) is 23.3 Å². The topological polar surface area (TPSA) is 64.9 Å². The Labute approximate surface area is 212 Å². The van der Waals surface area contributed by atoms with Gasteiger partial charge in [0.25, 0.3) is 0 Å². The average molecular weight is 469 g/mol. The van der Waals surface area contributed by atoms with Crippen molar-refractivity contribution in [1.82, 2.24) is 9.38 Å². The molecule has 0 aliphatic carbocycles. The Morgan fingerprint density at radius 2 is 1.25 bits per heavy atom. The summed E-state index contributed by atoms with van der Waals surface area (Å²) in [6.45, 7) is 10.7. The summed E-state index contributed by atoms with van der Waals surface area (Å²) in [5.74, 6) is 0.813. The van der Waals surface area contributed by atoms with Crippen molar-refractivity contribution < 1.29 is 0 Å². The first kappa shape index (κ1) is 23.3. The molecule has 0 saturated carbocycles. The molecule has 0 atom stereocenters. The van der Waals surface area contributed by atoms with Crippen LogP contribution >= 0.6 is 0 Å². The number of aryl methyl sites for hydroxylation is 1. The zero-order valence-electron chi connectivity index (χ0n) is 21.3. The van der Waals surface area contributed by atoms with Gasteiger partial charge >= 0.3 is 0 Å². The van der Waals surface area contributed by atoms with Crippen LogP contribution < -0.4 is 0 Å². The van der Waals surface area contributed by atoms with Gasteiger partial charge in [-0.15, -0.1) is 0 Å². The molecule has 4 nitrogen and oxygen atoms in total. The van der Waals surface area contributed by atoms with Gasteiger partial charge in [0.05, 0.1) is 16.6 Å². The first-order valence-corrected chi connectivity index (χ1v) is 12.3. The number of nitriles is 2. The predicted octanol–water partition coefficient (Wildman–Crippen LogP) is 8.12. The molecule has 176 valence electrons. The molecule has 0 aliphatic heterocycles. The number of fused-ring (bicyclic) bond motifs is 3. The number of imidazole rings is 1. The van der Waals surface area contributed by atoms with Crippen LogP contribution in [0.5, 0.6) is 0 Å². The molecule has 2 heterocycles. The smallest absolute Gasteiger partial charge is 0.140 e. The minimum Gasteiger partial charge on any atom is -0.299 e. The van der Waals surface area contributed by atoms with Crippen molar-refractivity contribution in [3.05, 3.63) is 94.7 Å². The van der Waals surface area contributed by atoms with Crippen LogP contribution in [0.1, 0.15) is 67.3 Å². The number of hydrogen-bond acceptors (Lipinski definition) is 3. The summed E-state index contributed by atoms with van der Waals surface area (Å²) < 4.78 is 2.06. The fourth-order valence-electron chi connectivity index (χ4n) is 4.96. The van der Waals surface area contributed by atoms with Crippen molar-refractivity contribution in [3.63, 3.8) is 0 Å². The summed E-state index contributed by atoms with van der Waals surface area (Å²) in [7, 11) is 0. The highest BCUT2D eigenvalue weighted by atomic mass is 15.0. The fourth-order valence-corrected chi connectivity index (χ4v) is 4.96. The van der Waals surface area contributed by atoms with Crippen LogP contribution in [0, 0.1) is 29.6 Å². The number of benzene rings is 3. The van der Waals surface area contributed by atoms with Gasteiger partial charge in [0, 0.05) is 17.3 Å². The van der Waals surface area contributed by atoms with Crippen molar-refractivity contribution >= 4 is 16.7 Å². The third-order valence-corrected chi connectivity index (χ3v) is 7.02. The molecule has 4 heteroatoms. The second-order valence-corrected chi connectivity index (χ2v) is 9.97. The third kappa shape index (κ3) is 3.63. The summed E-state index contributed by atoms with van der Waals surface area (Å²) in [4.78, 5) is 4.89. The maximum atomic E-state index is 10.4. The van der Waals surface area contributed by atoms with Crippen LogP contribution in [0.4, 0.5) is 0 Å². The van der Waals surface area contributed by atoms with E-state index in [1.54, 1.807) is 0 Å². The van der Waals surface area contributed by atoms with Gasteiger partial charge in [-0.1, -0.05) is 82.3 Å². The Bertz CT molecular complexity index is 1690. The number of pyridine rings is 1. The second kappa shape index (κ2) is 8.99. The molecule has 2 aromatic heterocycles. The van der Waals surface area contributed by atoms with Gasteiger partial charge in [0.15, 0.2) is 0 Å². The first-order valence-electron chi connectivity index (χ1n) is 12.3. The molecular formula is C32H28N4. The summed E-state index contributed by atoms with van der Waals surface area (Å²) in [5.41, 5.74) is 10.00. The molecule has 0 fully saturated rings. The first-order chi connectivity index (χ1) is 17.3. The molecule has 0 bridgehead atoms. The zero-order chi connectivity index (χ0) is 25.6. The standard InChI is InChI=1S/C32H28N4/c1-19(2)22-8-12-24(13-9-22)28-26(17-33)27(18-34)30-31(36-16-6-7-21(5)32(36)35-30)29(28)25-14-10-23(11-15-25)20(3)4/h6-16,19-20H,1-5H3. The quantitative estimate of drug-likeness (QED) is 0.267. The lowest BCUT2D eigenvalue weighted by Crippen LogP contribution is -1.99. The molecule has 0 aliphatic rings. The summed E-state index contributed by atoms with van der Waals surface area (Å²) in [5, 5.41) is 20.6. The molecule has 3 aromatic carbocycles. The number of hydrogen-bond donors (Lipinski definition) is 0. The van der Waals surface area contributed by atoms with Crippen molar-refractivity contribution in [2.75, 3.05) is 0 Å². The van der Waals surface area contributed by atoms with Gasteiger partial charge in [-0.3, -0.25) is 4.40 Å². The highest BCUT2D eigenvalue weighted by molar-refractivity contribution is 6.07. The highest BCUT2D eigenvalue weighted by Gasteiger charge is 2.26. The van der Waals surface area contributed by atoms with E-state index < -0.39 is 0 Å². The highest BCUT2D eigenvalue weighted by Crippen LogP contribution is 2.43. The van der Waals surface area contributed by atoms with E-state index in [4.69, 9.17) is 4.98 Å². The summed E-state index contributed by atoms with van der Waals surface area (Å²) in [6.07, 6.45) is 1.99. The Morgan fingerprint density at radius 1 is 0.722 bits per heavy atom. The van der Waals surface area contributed by atoms with Crippen LogP contribution in [-0.2, 0) is 0 Å². The fraction of sp³-hybridized carbons (Fsp3) is 0.219. The Morgan fingerprint density at radius 3 is 1.75 bits per heavy atom. The van der Waals surface area contributed by atoms with E-state index in [0.717, 1.165) is 39.0 Å². The monoisotopic (exact) mass is 468 g/mol. The number of nitrogens with zero attached hydrogens (tertiary/aromatic N) is 4. The van der Waals surface area contributed by atoms with E-state index in [9.17, 15) is 10.5 Å². The summed E-state index contributed by atoms with van der Waals surface area (Å²) >= 11 is 0. The lowest BCUT2D eigenvalue weighted by atomic mass is 9.85. The lowest BCUT2D eigenvalue weighted by Gasteiger charge is -2.17. The number of aromatic nitrogens is 2. The molecule has 0 amide bonds. The molecule has 5 rings (SSSR count). The minimum absolute atomic E-state index is 0.320. The molecule has 0 N–H and O–H groups in total. The Kier molecular flexibility index (Phi) is 5.83. The summed E-state index contributed by atoms with van der Waals surface area (Å²) in [6, 6.07) is 25.6. The van der Waals surface area contributed by atoms with Gasteiger partial charge in [0.2, 0.25) is 0 Å². The Balaban J connectivity index is 1.99. The average Bonchev–Trinajstić information content (AvgIpc) is 3.28. The Hall–Kier alpha value is -4.41. The van der Waals surface area contributed by atoms with Crippen LogP contribution in [0.15, 0.2) is 66.9 Å². The largest absolute Gasteiger partial charge is 0.299 e. The van der Waals surface area contributed by atoms with E-state index in [1.807, 2.05) is 25.3 Å². The molecule has 36 heavy (non-hydrogen) atoms. The maximum absolute atomic E-state index is 10.4. The maximum Gasteiger partial charge on any atom is 0.140 e. The predicted molar refractivity (Wildman–Crippen MR) is 146 cm³/mol. The van der Waals surface area contributed by atoms with E-state index in [1.165, 1.54) is 11.1 Å². The molecular weight excluding hydrogens is 440 g/mol. The van der Waals surface area contributed by atoms with Crippen molar-refractivity contribution in [2.45, 2.75) is 46.5 Å². The van der Waals surface area contributed by atoms with Crippen LogP contribution in [0.2, 0.25) is 0 Å². The van der Waals surface area contributed by atoms with Crippen molar-refractivity contribution in [1.29, 1.82) is 10.5 Å². The van der Waals surface area contributed by atoms with E-state index in [2.05, 4.69) is 92.8 Å².